The maximum atomic E-state index is 3.64. The number of anilines is 3. The van der Waals surface area contributed by atoms with E-state index >= 15 is 0 Å². The van der Waals surface area contributed by atoms with Crippen molar-refractivity contribution < 1.29 is 0 Å². The number of fused-ring (bicyclic) bond motifs is 2. The SMILES string of the molecule is CC1CCc2ccccc2N1c1cccc2c1NCCC2. The molecule has 21 heavy (non-hydrogen) atoms. The molecule has 0 saturated heterocycles. The lowest BCUT2D eigenvalue weighted by molar-refractivity contribution is 0.618. The summed E-state index contributed by atoms with van der Waals surface area (Å²) in [7, 11) is 0. The average Bonchev–Trinajstić information content (AvgIpc) is 2.54. The van der Waals surface area contributed by atoms with Gasteiger partial charge in [0.25, 0.3) is 0 Å². The van der Waals surface area contributed by atoms with Crippen LogP contribution in [0.1, 0.15) is 30.9 Å². The molecule has 0 aliphatic carbocycles. The molecule has 108 valence electrons. The summed E-state index contributed by atoms with van der Waals surface area (Å²) in [5.41, 5.74) is 7.04. The van der Waals surface area contributed by atoms with E-state index in [4.69, 9.17) is 0 Å². The Kier molecular flexibility index (Phi) is 3.10. The average molecular weight is 278 g/mol. The standard InChI is InChI=1S/C19H22N2/c1-14-11-12-15-6-2-3-9-17(15)21(14)18-10-4-7-16-8-5-13-20-19(16)18/h2-4,6-7,9-10,14,20H,5,8,11-13H2,1H3. The summed E-state index contributed by atoms with van der Waals surface area (Å²) in [5, 5.41) is 3.64. The summed E-state index contributed by atoms with van der Waals surface area (Å²) in [6, 6.07) is 16.2. The number of hydrogen-bond acceptors (Lipinski definition) is 2. The second-order valence-corrected chi connectivity index (χ2v) is 6.23. The van der Waals surface area contributed by atoms with Gasteiger partial charge in [0.2, 0.25) is 0 Å². The van der Waals surface area contributed by atoms with Crippen LogP contribution in [0.5, 0.6) is 0 Å². The second kappa shape index (κ2) is 5.10. The molecule has 1 N–H and O–H groups in total. The Bertz CT molecular complexity index is 662. The zero-order valence-electron chi connectivity index (χ0n) is 12.6. The number of para-hydroxylation sites is 2. The van der Waals surface area contributed by atoms with Crippen LogP contribution in [0.15, 0.2) is 42.5 Å². The molecule has 0 radical (unpaired) electrons. The summed E-state index contributed by atoms with van der Waals surface area (Å²) < 4.78 is 0. The van der Waals surface area contributed by atoms with E-state index in [0.29, 0.717) is 6.04 Å². The van der Waals surface area contributed by atoms with Gasteiger partial charge in [0.15, 0.2) is 0 Å². The molecule has 0 saturated carbocycles. The summed E-state index contributed by atoms with van der Waals surface area (Å²) in [4.78, 5) is 2.54. The molecule has 2 aliphatic rings. The molecule has 0 fully saturated rings. The second-order valence-electron chi connectivity index (χ2n) is 6.23. The van der Waals surface area contributed by atoms with Crippen LogP contribution in [0.2, 0.25) is 0 Å². The minimum Gasteiger partial charge on any atom is -0.383 e. The first-order chi connectivity index (χ1) is 10.3. The van der Waals surface area contributed by atoms with Crippen molar-refractivity contribution >= 4 is 17.1 Å². The lowest BCUT2D eigenvalue weighted by atomic mass is 9.94. The Labute approximate surface area is 126 Å². The van der Waals surface area contributed by atoms with Crippen molar-refractivity contribution in [2.24, 2.45) is 0 Å². The van der Waals surface area contributed by atoms with Gasteiger partial charge in [-0.2, -0.15) is 0 Å². The van der Waals surface area contributed by atoms with Crippen LogP contribution in [-0.2, 0) is 12.8 Å². The zero-order chi connectivity index (χ0) is 14.2. The lowest BCUT2D eigenvalue weighted by Gasteiger charge is -2.39. The molecule has 1 atom stereocenters. The summed E-state index contributed by atoms with van der Waals surface area (Å²) in [6.45, 7) is 3.44. The summed E-state index contributed by atoms with van der Waals surface area (Å²) in [5.74, 6) is 0. The summed E-state index contributed by atoms with van der Waals surface area (Å²) >= 11 is 0. The predicted octanol–water partition coefficient (Wildman–Crippen LogP) is 4.52. The van der Waals surface area contributed by atoms with Crippen molar-refractivity contribution in [3.05, 3.63) is 53.6 Å². The summed E-state index contributed by atoms with van der Waals surface area (Å²) in [6.07, 6.45) is 4.85. The molecule has 0 amide bonds. The van der Waals surface area contributed by atoms with Gasteiger partial charge in [-0.1, -0.05) is 30.3 Å². The fourth-order valence-electron chi connectivity index (χ4n) is 3.75. The highest BCUT2D eigenvalue weighted by Gasteiger charge is 2.27. The maximum Gasteiger partial charge on any atom is 0.0651 e. The van der Waals surface area contributed by atoms with Crippen molar-refractivity contribution in [3.8, 4) is 0 Å². The highest BCUT2D eigenvalue weighted by Crippen LogP contribution is 2.42. The Hall–Kier alpha value is -1.96. The Morgan fingerprint density at radius 2 is 1.76 bits per heavy atom. The molecular formula is C19H22N2. The first kappa shape index (κ1) is 12.8. The molecule has 4 rings (SSSR count). The zero-order valence-corrected chi connectivity index (χ0v) is 12.6. The number of nitrogens with one attached hydrogen (secondary N) is 1. The maximum absolute atomic E-state index is 3.64. The van der Waals surface area contributed by atoms with Gasteiger partial charge in [-0.05, 0) is 55.9 Å². The van der Waals surface area contributed by atoms with Gasteiger partial charge in [0.05, 0.1) is 11.4 Å². The van der Waals surface area contributed by atoms with Crippen molar-refractivity contribution in [3.63, 3.8) is 0 Å². The molecule has 0 spiro atoms. The van der Waals surface area contributed by atoms with E-state index in [2.05, 4.69) is 59.6 Å². The Balaban J connectivity index is 1.86. The molecular weight excluding hydrogens is 256 g/mol. The molecule has 2 aromatic carbocycles. The highest BCUT2D eigenvalue weighted by molar-refractivity contribution is 5.81. The minimum absolute atomic E-state index is 0.551. The van der Waals surface area contributed by atoms with E-state index in [-0.39, 0.29) is 0 Å². The fraction of sp³-hybridized carbons (Fsp3) is 0.368. The van der Waals surface area contributed by atoms with E-state index in [1.807, 2.05) is 0 Å². The smallest absolute Gasteiger partial charge is 0.0651 e. The monoisotopic (exact) mass is 278 g/mol. The van der Waals surface area contributed by atoms with Crippen molar-refractivity contribution in [2.75, 3.05) is 16.8 Å². The fourth-order valence-corrected chi connectivity index (χ4v) is 3.75. The van der Waals surface area contributed by atoms with Gasteiger partial charge >= 0.3 is 0 Å². The third kappa shape index (κ3) is 2.10. The molecule has 0 aromatic heterocycles. The minimum atomic E-state index is 0.551. The van der Waals surface area contributed by atoms with Crippen LogP contribution in [-0.4, -0.2) is 12.6 Å². The largest absolute Gasteiger partial charge is 0.383 e. The van der Waals surface area contributed by atoms with Crippen LogP contribution in [0.25, 0.3) is 0 Å². The van der Waals surface area contributed by atoms with E-state index in [9.17, 15) is 0 Å². The Morgan fingerprint density at radius 3 is 2.71 bits per heavy atom. The third-order valence-corrected chi connectivity index (χ3v) is 4.84. The predicted molar refractivity (Wildman–Crippen MR) is 89.6 cm³/mol. The number of nitrogens with zero attached hydrogens (tertiary/aromatic N) is 1. The number of hydrogen-bond donors (Lipinski definition) is 1. The van der Waals surface area contributed by atoms with Gasteiger partial charge < -0.3 is 10.2 Å². The number of benzene rings is 2. The quantitative estimate of drug-likeness (QED) is 0.825. The van der Waals surface area contributed by atoms with Gasteiger partial charge in [-0.15, -0.1) is 0 Å². The highest BCUT2D eigenvalue weighted by atomic mass is 15.2. The van der Waals surface area contributed by atoms with Gasteiger partial charge in [0.1, 0.15) is 0 Å². The molecule has 2 heteroatoms. The molecule has 1 unspecified atom stereocenters. The van der Waals surface area contributed by atoms with Crippen molar-refractivity contribution in [1.29, 1.82) is 0 Å². The first-order valence-electron chi connectivity index (χ1n) is 8.07. The van der Waals surface area contributed by atoms with E-state index in [1.165, 1.54) is 53.9 Å². The molecule has 2 nitrogen and oxygen atoms in total. The molecule has 0 bridgehead atoms. The lowest BCUT2D eigenvalue weighted by Crippen LogP contribution is -2.34. The van der Waals surface area contributed by atoms with Crippen LogP contribution in [0.4, 0.5) is 17.1 Å². The van der Waals surface area contributed by atoms with Crippen LogP contribution in [0, 0.1) is 0 Å². The number of aryl methyl sites for hydroxylation is 2. The number of rotatable bonds is 1. The van der Waals surface area contributed by atoms with Crippen molar-refractivity contribution in [2.45, 2.75) is 38.6 Å². The van der Waals surface area contributed by atoms with E-state index in [0.717, 1.165) is 6.54 Å². The third-order valence-electron chi connectivity index (χ3n) is 4.84. The van der Waals surface area contributed by atoms with Crippen molar-refractivity contribution in [1.82, 2.24) is 0 Å². The van der Waals surface area contributed by atoms with Gasteiger partial charge in [-0.25, -0.2) is 0 Å². The molecule has 2 aromatic rings. The van der Waals surface area contributed by atoms with Crippen LogP contribution >= 0.6 is 0 Å². The first-order valence-corrected chi connectivity index (χ1v) is 8.07. The van der Waals surface area contributed by atoms with Gasteiger partial charge in [-0.3, -0.25) is 0 Å². The Morgan fingerprint density at radius 1 is 0.952 bits per heavy atom. The van der Waals surface area contributed by atoms with Crippen LogP contribution in [0.3, 0.4) is 0 Å². The van der Waals surface area contributed by atoms with Gasteiger partial charge in [0, 0.05) is 18.3 Å². The normalized spacial score (nSPS) is 20.4. The van der Waals surface area contributed by atoms with E-state index in [1.54, 1.807) is 0 Å². The van der Waals surface area contributed by atoms with Crippen LogP contribution < -0.4 is 10.2 Å². The molecule has 2 aliphatic heterocycles. The molecule has 2 heterocycles. The van der Waals surface area contributed by atoms with E-state index < -0.39 is 0 Å². The topological polar surface area (TPSA) is 15.3 Å².